The number of allylic oxidation sites excluding steroid dienone is 1. The number of rotatable bonds is 5. The summed E-state index contributed by atoms with van der Waals surface area (Å²) in [6.45, 7) is 13.9. The molecule has 2 atom stereocenters. The van der Waals surface area contributed by atoms with Crippen LogP contribution in [0.1, 0.15) is 44.4 Å². The molecule has 0 saturated carbocycles. The van der Waals surface area contributed by atoms with E-state index in [2.05, 4.69) is 38.1 Å². The minimum absolute atomic E-state index is 0.00107. The van der Waals surface area contributed by atoms with Gasteiger partial charge in [-0.25, -0.2) is 0 Å². The fourth-order valence-electron chi connectivity index (χ4n) is 4.67. The second-order valence-electron chi connectivity index (χ2n) is 9.07. The van der Waals surface area contributed by atoms with Gasteiger partial charge >= 0.3 is 0 Å². The van der Waals surface area contributed by atoms with Gasteiger partial charge in [0.1, 0.15) is 11.3 Å². The van der Waals surface area contributed by atoms with Crippen molar-refractivity contribution in [3.63, 3.8) is 0 Å². The van der Waals surface area contributed by atoms with Crippen LogP contribution in [0.4, 0.5) is 0 Å². The molecule has 4 rings (SSSR count). The summed E-state index contributed by atoms with van der Waals surface area (Å²) in [7, 11) is 0. The summed E-state index contributed by atoms with van der Waals surface area (Å²) < 4.78 is 17.6. The number of hydrogen-bond acceptors (Lipinski definition) is 4. The van der Waals surface area contributed by atoms with E-state index in [-0.39, 0.29) is 18.1 Å². The van der Waals surface area contributed by atoms with Gasteiger partial charge in [-0.1, -0.05) is 23.8 Å². The van der Waals surface area contributed by atoms with Gasteiger partial charge in [0.2, 0.25) is 5.91 Å². The first kappa shape index (κ1) is 23.1. The molecular formula is C28H33NO4. The fraction of sp³-hybridized carbons (Fsp3) is 0.393. The summed E-state index contributed by atoms with van der Waals surface area (Å²) in [6, 6.07) is 10.4. The average Bonchev–Trinajstić information content (AvgIpc) is 3.15. The van der Waals surface area contributed by atoms with Gasteiger partial charge in [0.25, 0.3) is 0 Å². The van der Waals surface area contributed by atoms with Crippen molar-refractivity contribution in [1.82, 2.24) is 4.90 Å². The molecule has 3 aromatic rings. The maximum Gasteiger partial charge on any atom is 0.247 e. The largest absolute Gasteiger partial charge is 0.493 e. The molecule has 2 aromatic carbocycles. The minimum Gasteiger partial charge on any atom is -0.493 e. The maximum absolute atomic E-state index is 13.1. The van der Waals surface area contributed by atoms with Gasteiger partial charge in [-0.2, -0.15) is 0 Å². The zero-order valence-electron chi connectivity index (χ0n) is 20.4. The lowest BCUT2D eigenvalue weighted by Gasteiger charge is -2.34. The van der Waals surface area contributed by atoms with Crippen molar-refractivity contribution >= 4 is 22.4 Å². The molecule has 1 aliphatic rings. The van der Waals surface area contributed by atoms with Crippen molar-refractivity contribution in [1.29, 1.82) is 0 Å². The molecule has 1 fully saturated rings. The summed E-state index contributed by atoms with van der Waals surface area (Å²) in [4.78, 5) is 14.9. The Morgan fingerprint density at radius 2 is 1.85 bits per heavy atom. The van der Waals surface area contributed by atoms with Gasteiger partial charge in [0.05, 0.1) is 25.1 Å². The minimum atomic E-state index is -0.00107. The van der Waals surface area contributed by atoms with E-state index in [1.807, 2.05) is 44.9 Å². The van der Waals surface area contributed by atoms with Crippen LogP contribution >= 0.6 is 0 Å². The smallest absolute Gasteiger partial charge is 0.247 e. The Morgan fingerprint density at radius 3 is 2.52 bits per heavy atom. The van der Waals surface area contributed by atoms with Gasteiger partial charge in [-0.05, 0) is 64.3 Å². The third kappa shape index (κ3) is 4.83. The van der Waals surface area contributed by atoms with Gasteiger partial charge in [-0.3, -0.25) is 4.79 Å². The van der Waals surface area contributed by atoms with E-state index in [1.54, 1.807) is 6.08 Å². The molecule has 0 spiro atoms. The number of morpholine rings is 1. The van der Waals surface area contributed by atoms with Crippen LogP contribution in [0.3, 0.4) is 0 Å². The SMILES string of the molecule is CCOc1cc2occ(-c3ccc(C)cc3C)c2cc1/C(C)=C/C(=O)N1CC(C)OC(C)C1. The number of furan rings is 1. The van der Waals surface area contributed by atoms with Crippen LogP contribution in [0.2, 0.25) is 0 Å². The van der Waals surface area contributed by atoms with E-state index in [4.69, 9.17) is 13.9 Å². The lowest BCUT2D eigenvalue weighted by molar-refractivity contribution is -0.137. The van der Waals surface area contributed by atoms with Crippen molar-refractivity contribution in [2.75, 3.05) is 19.7 Å². The number of carbonyl (C=O) groups excluding carboxylic acids is 1. The Labute approximate surface area is 196 Å². The molecule has 5 nitrogen and oxygen atoms in total. The molecule has 2 unspecified atom stereocenters. The lowest BCUT2D eigenvalue weighted by atomic mass is 9.96. The van der Waals surface area contributed by atoms with E-state index in [0.29, 0.717) is 19.7 Å². The van der Waals surface area contributed by atoms with E-state index < -0.39 is 0 Å². The monoisotopic (exact) mass is 447 g/mol. The van der Waals surface area contributed by atoms with Gasteiger partial charge in [-0.15, -0.1) is 0 Å². The van der Waals surface area contributed by atoms with Crippen LogP contribution in [-0.4, -0.2) is 42.7 Å². The molecule has 1 aromatic heterocycles. The van der Waals surface area contributed by atoms with Crippen molar-refractivity contribution in [3.05, 3.63) is 59.4 Å². The molecule has 0 aliphatic carbocycles. The zero-order valence-corrected chi connectivity index (χ0v) is 20.4. The summed E-state index contributed by atoms with van der Waals surface area (Å²) in [5.41, 5.74) is 7.15. The summed E-state index contributed by atoms with van der Waals surface area (Å²) in [5.74, 6) is 0.718. The number of nitrogens with zero attached hydrogens (tertiary/aromatic N) is 1. The Morgan fingerprint density at radius 1 is 1.12 bits per heavy atom. The van der Waals surface area contributed by atoms with Gasteiger partial charge in [0.15, 0.2) is 0 Å². The number of amides is 1. The summed E-state index contributed by atoms with van der Waals surface area (Å²) in [6.07, 6.45) is 3.59. The van der Waals surface area contributed by atoms with E-state index in [0.717, 1.165) is 39.0 Å². The van der Waals surface area contributed by atoms with Crippen molar-refractivity contribution in [2.24, 2.45) is 0 Å². The zero-order chi connectivity index (χ0) is 23.7. The van der Waals surface area contributed by atoms with Crippen molar-refractivity contribution in [3.8, 4) is 16.9 Å². The third-order valence-corrected chi connectivity index (χ3v) is 6.14. The van der Waals surface area contributed by atoms with E-state index in [1.165, 1.54) is 11.1 Å². The Bertz CT molecular complexity index is 1200. The highest BCUT2D eigenvalue weighted by molar-refractivity contribution is 6.00. The van der Waals surface area contributed by atoms with Crippen LogP contribution in [0, 0.1) is 13.8 Å². The van der Waals surface area contributed by atoms with Gasteiger partial charge < -0.3 is 18.8 Å². The standard InChI is InChI=1S/C28H33NO4/c1-7-31-26-13-27-24(25(16-32-27)22-9-8-17(2)10-18(22)3)12-23(26)19(4)11-28(30)29-14-20(5)33-21(6)15-29/h8-13,16,20-21H,7,14-15H2,1-6H3/b19-11+. The molecule has 5 heteroatoms. The predicted molar refractivity (Wildman–Crippen MR) is 133 cm³/mol. The summed E-state index contributed by atoms with van der Waals surface area (Å²) in [5, 5.41) is 1.01. The first-order valence-corrected chi connectivity index (χ1v) is 11.7. The Kier molecular flexibility index (Phi) is 6.61. The maximum atomic E-state index is 13.1. The fourth-order valence-corrected chi connectivity index (χ4v) is 4.67. The highest BCUT2D eigenvalue weighted by Gasteiger charge is 2.25. The quantitative estimate of drug-likeness (QED) is 0.440. The molecule has 0 bridgehead atoms. The van der Waals surface area contributed by atoms with E-state index in [9.17, 15) is 4.79 Å². The number of fused-ring (bicyclic) bond motifs is 1. The normalized spacial score (nSPS) is 19.2. The van der Waals surface area contributed by atoms with Crippen molar-refractivity contribution < 1.29 is 18.7 Å². The Balaban J connectivity index is 1.76. The topological polar surface area (TPSA) is 51.9 Å². The van der Waals surface area contributed by atoms with Gasteiger partial charge in [0, 0.05) is 41.7 Å². The first-order chi connectivity index (χ1) is 15.8. The molecule has 174 valence electrons. The molecule has 2 heterocycles. The summed E-state index contributed by atoms with van der Waals surface area (Å²) >= 11 is 0. The molecule has 1 aliphatic heterocycles. The first-order valence-electron chi connectivity index (χ1n) is 11.7. The second kappa shape index (κ2) is 9.44. The number of hydrogen-bond donors (Lipinski definition) is 0. The van der Waals surface area contributed by atoms with Crippen LogP contribution < -0.4 is 4.74 Å². The molecule has 0 N–H and O–H groups in total. The number of carbonyl (C=O) groups is 1. The number of ether oxygens (including phenoxy) is 2. The van der Waals surface area contributed by atoms with Crippen LogP contribution in [0.25, 0.3) is 27.7 Å². The number of aryl methyl sites for hydroxylation is 2. The average molecular weight is 448 g/mol. The lowest BCUT2D eigenvalue weighted by Crippen LogP contribution is -2.47. The predicted octanol–water partition coefficient (Wildman–Crippen LogP) is 6.15. The molecule has 1 saturated heterocycles. The highest BCUT2D eigenvalue weighted by Crippen LogP contribution is 2.38. The van der Waals surface area contributed by atoms with Crippen LogP contribution in [-0.2, 0) is 9.53 Å². The Hall–Kier alpha value is -3.05. The van der Waals surface area contributed by atoms with E-state index >= 15 is 0 Å². The second-order valence-corrected chi connectivity index (χ2v) is 9.07. The van der Waals surface area contributed by atoms with Crippen molar-refractivity contribution in [2.45, 2.75) is 53.8 Å². The molecule has 1 amide bonds. The molecular weight excluding hydrogens is 414 g/mol. The molecule has 0 radical (unpaired) electrons. The molecule has 33 heavy (non-hydrogen) atoms. The van der Waals surface area contributed by atoms with Crippen LogP contribution in [0.5, 0.6) is 5.75 Å². The highest BCUT2D eigenvalue weighted by atomic mass is 16.5. The number of benzene rings is 2. The third-order valence-electron chi connectivity index (χ3n) is 6.14. The van der Waals surface area contributed by atoms with Crippen LogP contribution in [0.15, 0.2) is 47.1 Å².